The van der Waals surface area contributed by atoms with E-state index >= 15 is 0 Å². The highest BCUT2D eigenvalue weighted by molar-refractivity contribution is 9.10. The zero-order valence-electron chi connectivity index (χ0n) is 10.5. The van der Waals surface area contributed by atoms with Crippen LogP contribution in [0.15, 0.2) is 22.7 Å². The summed E-state index contributed by atoms with van der Waals surface area (Å²) in [5.41, 5.74) is 1.83. The quantitative estimate of drug-likeness (QED) is 0.497. The second kappa shape index (κ2) is 6.88. The molecule has 0 amide bonds. The monoisotopic (exact) mass is 458 g/mol. The summed E-state index contributed by atoms with van der Waals surface area (Å²) in [6, 6.07) is 5.62. The van der Waals surface area contributed by atoms with E-state index in [9.17, 15) is 0 Å². The summed E-state index contributed by atoms with van der Waals surface area (Å²) in [7, 11) is 3.24. The molecule has 108 valence electrons. The molecular formula is C13H10Br2Cl2O2S. The van der Waals surface area contributed by atoms with Gasteiger partial charge in [0.25, 0.3) is 0 Å². The highest BCUT2D eigenvalue weighted by Crippen LogP contribution is 2.46. The fraction of sp³-hybridized carbons (Fsp3) is 0.231. The lowest BCUT2D eigenvalue weighted by atomic mass is 10.1. The summed E-state index contributed by atoms with van der Waals surface area (Å²) < 4.78 is 12.9. The number of ether oxygens (including phenoxy) is 2. The second-order valence-corrected chi connectivity index (χ2v) is 7.93. The smallest absolute Gasteiger partial charge is 0.133 e. The molecule has 1 aromatic carbocycles. The molecule has 0 aliphatic heterocycles. The van der Waals surface area contributed by atoms with E-state index in [4.69, 9.17) is 32.7 Å². The van der Waals surface area contributed by atoms with Crippen LogP contribution in [0.3, 0.4) is 0 Å². The van der Waals surface area contributed by atoms with Gasteiger partial charge in [-0.2, -0.15) is 0 Å². The van der Waals surface area contributed by atoms with Crippen LogP contribution in [0.1, 0.15) is 16.0 Å². The highest BCUT2D eigenvalue weighted by atomic mass is 79.9. The lowest BCUT2D eigenvalue weighted by molar-refractivity contribution is 0.397. The Bertz CT molecular complexity index is 631. The molecule has 0 aliphatic carbocycles. The number of halogens is 4. The summed E-state index contributed by atoms with van der Waals surface area (Å²) in [6.45, 7) is 0. The zero-order valence-corrected chi connectivity index (χ0v) is 16.0. The maximum atomic E-state index is 6.21. The van der Waals surface area contributed by atoms with E-state index in [1.54, 1.807) is 14.2 Å². The normalized spacial score (nSPS) is 12.3. The van der Waals surface area contributed by atoms with Crippen molar-refractivity contribution in [3.63, 3.8) is 0 Å². The Morgan fingerprint density at radius 2 is 1.70 bits per heavy atom. The van der Waals surface area contributed by atoms with Crippen molar-refractivity contribution in [2.75, 3.05) is 14.2 Å². The van der Waals surface area contributed by atoms with Gasteiger partial charge in [-0.15, -0.1) is 11.3 Å². The van der Waals surface area contributed by atoms with Gasteiger partial charge < -0.3 is 9.47 Å². The first kappa shape index (κ1) is 16.4. The van der Waals surface area contributed by atoms with Gasteiger partial charge in [-0.3, -0.25) is 0 Å². The van der Waals surface area contributed by atoms with Crippen LogP contribution >= 0.6 is 66.4 Å². The number of thiophene rings is 1. The third kappa shape index (κ3) is 3.28. The average molecular weight is 461 g/mol. The molecule has 0 saturated heterocycles. The third-order valence-electron chi connectivity index (χ3n) is 2.73. The molecule has 2 aromatic rings. The molecule has 1 unspecified atom stereocenters. The standard InChI is InChI=1S/C13H10Br2Cl2O2S/c1-18-9-5-8(14)10(19-2)3-6(9)12(15)7-4-11(16)20-13(7)17/h3-5,12H,1-2H3. The molecule has 0 aliphatic rings. The molecule has 0 bridgehead atoms. The van der Waals surface area contributed by atoms with Crippen molar-refractivity contribution in [2.24, 2.45) is 0 Å². The summed E-state index contributed by atoms with van der Waals surface area (Å²) in [5.74, 6) is 1.46. The van der Waals surface area contributed by atoms with E-state index in [1.807, 2.05) is 18.2 Å². The zero-order chi connectivity index (χ0) is 14.9. The fourth-order valence-electron chi connectivity index (χ4n) is 1.78. The average Bonchev–Trinajstić information content (AvgIpc) is 2.76. The number of rotatable bonds is 4. The van der Waals surface area contributed by atoms with Crippen LogP contribution in [0.25, 0.3) is 0 Å². The molecule has 0 radical (unpaired) electrons. The molecule has 20 heavy (non-hydrogen) atoms. The van der Waals surface area contributed by atoms with Gasteiger partial charge in [-0.1, -0.05) is 39.1 Å². The van der Waals surface area contributed by atoms with E-state index in [0.717, 1.165) is 27.1 Å². The minimum atomic E-state index is -0.129. The van der Waals surface area contributed by atoms with Crippen LogP contribution < -0.4 is 9.47 Å². The Hall–Kier alpha value is 0.0600. The minimum Gasteiger partial charge on any atom is -0.496 e. The summed E-state index contributed by atoms with van der Waals surface area (Å²) in [4.78, 5) is -0.129. The number of hydrogen-bond donors (Lipinski definition) is 0. The Morgan fingerprint density at radius 1 is 1.05 bits per heavy atom. The maximum absolute atomic E-state index is 6.21. The summed E-state index contributed by atoms with van der Waals surface area (Å²) in [6.07, 6.45) is 0. The topological polar surface area (TPSA) is 18.5 Å². The van der Waals surface area contributed by atoms with Gasteiger partial charge in [0.15, 0.2) is 0 Å². The molecule has 0 fully saturated rings. The van der Waals surface area contributed by atoms with Crippen LogP contribution in [0.2, 0.25) is 8.67 Å². The molecule has 2 rings (SSSR count). The van der Waals surface area contributed by atoms with Gasteiger partial charge in [-0.05, 0) is 34.1 Å². The summed E-state index contributed by atoms with van der Waals surface area (Å²) in [5, 5.41) is 0. The van der Waals surface area contributed by atoms with Crippen molar-refractivity contribution in [3.8, 4) is 11.5 Å². The molecule has 7 heteroatoms. The molecule has 1 heterocycles. The predicted octanol–water partition coefficient (Wildman–Crippen LogP) is 6.32. The second-order valence-electron chi connectivity index (χ2n) is 3.87. The van der Waals surface area contributed by atoms with Crippen LogP contribution in [0.4, 0.5) is 0 Å². The molecule has 0 N–H and O–H groups in total. The van der Waals surface area contributed by atoms with Crippen molar-refractivity contribution in [3.05, 3.63) is 42.5 Å². The molecule has 0 saturated carbocycles. The Kier molecular flexibility index (Phi) is 5.65. The van der Waals surface area contributed by atoms with Gasteiger partial charge in [0, 0.05) is 11.1 Å². The van der Waals surface area contributed by atoms with Crippen molar-refractivity contribution in [1.29, 1.82) is 0 Å². The minimum absolute atomic E-state index is 0.129. The van der Waals surface area contributed by atoms with Crippen LogP contribution in [-0.4, -0.2) is 14.2 Å². The molecule has 1 aromatic heterocycles. The Morgan fingerprint density at radius 3 is 2.20 bits per heavy atom. The molecule has 1 atom stereocenters. The van der Waals surface area contributed by atoms with Crippen molar-refractivity contribution < 1.29 is 9.47 Å². The van der Waals surface area contributed by atoms with Crippen molar-refractivity contribution in [1.82, 2.24) is 0 Å². The van der Waals surface area contributed by atoms with Gasteiger partial charge in [0.2, 0.25) is 0 Å². The number of benzene rings is 1. The van der Waals surface area contributed by atoms with E-state index in [-0.39, 0.29) is 4.83 Å². The van der Waals surface area contributed by atoms with E-state index in [0.29, 0.717) is 8.67 Å². The van der Waals surface area contributed by atoms with Crippen molar-refractivity contribution in [2.45, 2.75) is 4.83 Å². The number of hydrogen-bond acceptors (Lipinski definition) is 3. The lowest BCUT2D eigenvalue weighted by Gasteiger charge is -2.16. The number of methoxy groups -OCH3 is 2. The van der Waals surface area contributed by atoms with E-state index in [2.05, 4.69) is 31.9 Å². The maximum Gasteiger partial charge on any atom is 0.133 e. The predicted molar refractivity (Wildman–Crippen MR) is 92.4 cm³/mol. The Labute approximate surface area is 148 Å². The first-order chi connectivity index (χ1) is 9.47. The number of alkyl halides is 1. The van der Waals surface area contributed by atoms with Gasteiger partial charge in [-0.25, -0.2) is 0 Å². The highest BCUT2D eigenvalue weighted by Gasteiger charge is 2.22. The van der Waals surface area contributed by atoms with E-state index < -0.39 is 0 Å². The molecule has 2 nitrogen and oxygen atoms in total. The molecular weight excluding hydrogens is 451 g/mol. The third-order valence-corrected chi connectivity index (χ3v) is 5.86. The van der Waals surface area contributed by atoms with Gasteiger partial charge >= 0.3 is 0 Å². The van der Waals surface area contributed by atoms with E-state index in [1.165, 1.54) is 11.3 Å². The largest absolute Gasteiger partial charge is 0.496 e. The molecule has 0 spiro atoms. The van der Waals surface area contributed by atoms with Crippen LogP contribution in [-0.2, 0) is 0 Å². The fourth-order valence-corrected chi connectivity index (χ4v) is 4.79. The van der Waals surface area contributed by atoms with Crippen LogP contribution in [0.5, 0.6) is 11.5 Å². The first-order valence-corrected chi connectivity index (χ1v) is 8.76. The summed E-state index contributed by atoms with van der Waals surface area (Å²) >= 11 is 20.6. The lowest BCUT2D eigenvalue weighted by Crippen LogP contribution is -1.98. The van der Waals surface area contributed by atoms with Crippen LogP contribution in [0, 0.1) is 0 Å². The SMILES string of the molecule is COc1cc(C(Br)c2cc(Cl)sc2Cl)c(OC)cc1Br. The van der Waals surface area contributed by atoms with Gasteiger partial charge in [0.05, 0.1) is 32.2 Å². The Balaban J connectivity index is 2.53. The van der Waals surface area contributed by atoms with Crippen molar-refractivity contribution >= 4 is 66.4 Å². The van der Waals surface area contributed by atoms with Gasteiger partial charge in [0.1, 0.15) is 11.5 Å². The first-order valence-electron chi connectivity index (χ1n) is 5.48.